The second kappa shape index (κ2) is 4.43. The molecule has 0 atom stereocenters. The third-order valence-corrected chi connectivity index (χ3v) is 2.54. The van der Waals surface area contributed by atoms with Gasteiger partial charge in [-0.05, 0) is 30.3 Å². The van der Waals surface area contributed by atoms with Gasteiger partial charge in [0.1, 0.15) is 5.76 Å². The van der Waals surface area contributed by atoms with Crippen LogP contribution >= 0.6 is 11.6 Å². The fraction of sp³-hybridized carbons (Fsp3) is 0. The van der Waals surface area contributed by atoms with E-state index in [1.807, 2.05) is 0 Å². The van der Waals surface area contributed by atoms with E-state index in [1.54, 1.807) is 12.1 Å². The summed E-state index contributed by atoms with van der Waals surface area (Å²) in [6.07, 6.45) is 0.569. The Morgan fingerprint density at radius 3 is 2.65 bits per heavy atom. The molecule has 17 heavy (non-hydrogen) atoms. The number of halogens is 1. The van der Waals surface area contributed by atoms with Gasteiger partial charge in [-0.1, -0.05) is 11.6 Å². The van der Waals surface area contributed by atoms with Gasteiger partial charge in [0.15, 0.2) is 12.0 Å². The van der Waals surface area contributed by atoms with Gasteiger partial charge in [-0.15, -0.1) is 0 Å². The minimum Gasteiger partial charge on any atom is -0.545 e. The fourth-order valence-corrected chi connectivity index (χ4v) is 1.60. The molecule has 0 unspecified atom stereocenters. The molecular formula is C12H6ClO4-. The number of aldehydes is 1. The van der Waals surface area contributed by atoms with Gasteiger partial charge < -0.3 is 14.3 Å². The summed E-state index contributed by atoms with van der Waals surface area (Å²) in [7, 11) is 0. The van der Waals surface area contributed by atoms with E-state index in [1.165, 1.54) is 18.2 Å². The predicted molar refractivity (Wildman–Crippen MR) is 58.9 cm³/mol. The van der Waals surface area contributed by atoms with Crippen LogP contribution in [0.5, 0.6) is 0 Å². The SMILES string of the molecule is O=Cc1ccc(-c2ccc(Cl)c(C(=O)[O-])c2)o1. The number of benzene rings is 1. The van der Waals surface area contributed by atoms with Crippen LogP contribution in [-0.4, -0.2) is 12.3 Å². The topological polar surface area (TPSA) is 70.3 Å². The van der Waals surface area contributed by atoms with Crippen molar-refractivity contribution in [1.82, 2.24) is 0 Å². The van der Waals surface area contributed by atoms with Crippen molar-refractivity contribution >= 4 is 23.9 Å². The van der Waals surface area contributed by atoms with Crippen LogP contribution in [0.4, 0.5) is 0 Å². The van der Waals surface area contributed by atoms with E-state index in [2.05, 4.69) is 0 Å². The highest BCUT2D eigenvalue weighted by molar-refractivity contribution is 6.33. The van der Waals surface area contributed by atoms with E-state index >= 15 is 0 Å². The number of hydrogen-bond donors (Lipinski definition) is 0. The smallest absolute Gasteiger partial charge is 0.185 e. The monoisotopic (exact) mass is 249 g/mol. The quantitative estimate of drug-likeness (QED) is 0.778. The molecule has 2 aromatic rings. The summed E-state index contributed by atoms with van der Waals surface area (Å²) in [4.78, 5) is 21.2. The number of furan rings is 1. The highest BCUT2D eigenvalue weighted by Crippen LogP contribution is 2.26. The Balaban J connectivity index is 2.49. The molecule has 0 aliphatic heterocycles. The van der Waals surface area contributed by atoms with Gasteiger partial charge in [0.05, 0.1) is 5.97 Å². The molecule has 0 N–H and O–H groups in total. The molecule has 0 bridgehead atoms. The van der Waals surface area contributed by atoms with Crippen molar-refractivity contribution in [2.24, 2.45) is 0 Å². The summed E-state index contributed by atoms with van der Waals surface area (Å²) in [5.74, 6) is -0.796. The van der Waals surface area contributed by atoms with Crippen LogP contribution in [0.25, 0.3) is 11.3 Å². The van der Waals surface area contributed by atoms with Crippen molar-refractivity contribution in [2.75, 3.05) is 0 Å². The summed E-state index contributed by atoms with van der Waals surface area (Å²) in [5, 5.41) is 10.9. The molecule has 0 spiro atoms. The van der Waals surface area contributed by atoms with Crippen molar-refractivity contribution in [2.45, 2.75) is 0 Å². The van der Waals surface area contributed by atoms with Gasteiger partial charge in [-0.2, -0.15) is 0 Å². The average molecular weight is 250 g/mol. The molecule has 0 saturated carbocycles. The lowest BCUT2D eigenvalue weighted by atomic mass is 10.1. The molecule has 0 amide bonds. The number of rotatable bonds is 3. The largest absolute Gasteiger partial charge is 0.545 e. The maximum atomic E-state index is 10.8. The zero-order chi connectivity index (χ0) is 12.4. The Kier molecular flexibility index (Phi) is 2.97. The third-order valence-electron chi connectivity index (χ3n) is 2.21. The van der Waals surface area contributed by atoms with Gasteiger partial charge in [0, 0.05) is 16.1 Å². The summed E-state index contributed by atoms with van der Waals surface area (Å²) < 4.78 is 5.17. The molecular weight excluding hydrogens is 244 g/mol. The highest BCUT2D eigenvalue weighted by Gasteiger charge is 2.08. The Morgan fingerprint density at radius 2 is 2.06 bits per heavy atom. The van der Waals surface area contributed by atoms with Crippen LogP contribution < -0.4 is 5.11 Å². The van der Waals surface area contributed by atoms with Crippen molar-refractivity contribution in [3.8, 4) is 11.3 Å². The first-order valence-corrected chi connectivity index (χ1v) is 5.06. The first-order chi connectivity index (χ1) is 8.11. The lowest BCUT2D eigenvalue weighted by molar-refractivity contribution is -0.255. The summed E-state index contributed by atoms with van der Waals surface area (Å²) in [6.45, 7) is 0. The molecule has 0 aliphatic carbocycles. The molecule has 4 nitrogen and oxygen atoms in total. The first kappa shape index (κ1) is 11.4. The summed E-state index contributed by atoms with van der Waals surface area (Å²) >= 11 is 5.70. The van der Waals surface area contributed by atoms with Gasteiger partial charge in [-0.25, -0.2) is 0 Å². The number of carboxylic acids is 1. The van der Waals surface area contributed by atoms with Gasteiger partial charge in [-0.3, -0.25) is 4.79 Å². The second-order valence-electron chi connectivity index (χ2n) is 3.30. The standard InChI is InChI=1S/C12H7ClO4/c13-10-3-1-7(5-9(10)12(15)16)11-4-2-8(6-14)17-11/h1-6H,(H,15,16)/p-1. The molecule has 0 fully saturated rings. The maximum Gasteiger partial charge on any atom is 0.185 e. The van der Waals surface area contributed by atoms with E-state index < -0.39 is 5.97 Å². The molecule has 0 radical (unpaired) electrons. The Hall–Kier alpha value is -2.07. The number of carbonyl (C=O) groups is 2. The van der Waals surface area contributed by atoms with Gasteiger partial charge >= 0.3 is 0 Å². The molecule has 0 aliphatic rings. The highest BCUT2D eigenvalue weighted by atomic mass is 35.5. The van der Waals surface area contributed by atoms with Gasteiger partial charge in [0.25, 0.3) is 0 Å². The van der Waals surface area contributed by atoms with Crippen molar-refractivity contribution in [3.05, 3.63) is 46.7 Å². The minimum atomic E-state index is -1.36. The second-order valence-corrected chi connectivity index (χ2v) is 3.71. The Labute approximate surface area is 101 Å². The van der Waals surface area contributed by atoms with E-state index in [0.717, 1.165) is 0 Å². The molecule has 5 heteroatoms. The first-order valence-electron chi connectivity index (χ1n) is 4.68. The van der Waals surface area contributed by atoms with Crippen LogP contribution in [0.1, 0.15) is 20.9 Å². The lowest BCUT2D eigenvalue weighted by Crippen LogP contribution is -2.22. The molecule has 0 saturated heterocycles. The summed E-state index contributed by atoms with van der Waals surface area (Å²) in [6, 6.07) is 7.44. The Bertz CT molecular complexity index is 586. The van der Waals surface area contributed by atoms with Crippen molar-refractivity contribution < 1.29 is 19.1 Å². The van der Waals surface area contributed by atoms with E-state index in [-0.39, 0.29) is 16.3 Å². The molecule has 86 valence electrons. The van der Waals surface area contributed by atoms with Crippen molar-refractivity contribution in [1.29, 1.82) is 0 Å². The Morgan fingerprint density at radius 1 is 1.29 bits per heavy atom. The summed E-state index contributed by atoms with van der Waals surface area (Å²) in [5.41, 5.74) is 0.398. The van der Waals surface area contributed by atoms with Crippen LogP contribution in [0.15, 0.2) is 34.7 Å². The number of hydrogen-bond acceptors (Lipinski definition) is 4. The number of carbonyl (C=O) groups excluding carboxylic acids is 2. The molecule has 1 heterocycles. The third kappa shape index (κ3) is 2.21. The van der Waals surface area contributed by atoms with Crippen LogP contribution in [0.3, 0.4) is 0 Å². The lowest BCUT2D eigenvalue weighted by Gasteiger charge is -2.06. The zero-order valence-corrected chi connectivity index (χ0v) is 9.23. The molecule has 2 rings (SSSR count). The van der Waals surface area contributed by atoms with Crippen molar-refractivity contribution in [3.63, 3.8) is 0 Å². The minimum absolute atomic E-state index is 0.0934. The molecule has 1 aromatic heterocycles. The average Bonchev–Trinajstić information content (AvgIpc) is 2.78. The van der Waals surface area contributed by atoms with Crippen LogP contribution in [0.2, 0.25) is 5.02 Å². The number of aromatic carboxylic acids is 1. The normalized spacial score (nSPS) is 10.2. The number of carboxylic acid groups (broad SMARTS) is 1. The molecule has 1 aromatic carbocycles. The van der Waals surface area contributed by atoms with Crippen LogP contribution in [0, 0.1) is 0 Å². The van der Waals surface area contributed by atoms with Crippen LogP contribution in [-0.2, 0) is 0 Å². The predicted octanol–water partition coefficient (Wildman–Crippen LogP) is 1.78. The van der Waals surface area contributed by atoms with E-state index in [4.69, 9.17) is 16.0 Å². The van der Waals surface area contributed by atoms with E-state index in [9.17, 15) is 14.7 Å². The van der Waals surface area contributed by atoms with Gasteiger partial charge in [0.2, 0.25) is 0 Å². The zero-order valence-electron chi connectivity index (χ0n) is 8.48. The maximum absolute atomic E-state index is 10.8. The fourth-order valence-electron chi connectivity index (χ4n) is 1.41. The van der Waals surface area contributed by atoms with E-state index in [0.29, 0.717) is 17.6 Å².